The summed E-state index contributed by atoms with van der Waals surface area (Å²) in [7, 11) is 0. The van der Waals surface area contributed by atoms with Gasteiger partial charge in [-0.3, -0.25) is 4.79 Å². The van der Waals surface area contributed by atoms with E-state index in [1.165, 1.54) is 18.2 Å². The fourth-order valence-electron chi connectivity index (χ4n) is 3.57. The van der Waals surface area contributed by atoms with E-state index < -0.39 is 6.10 Å². The van der Waals surface area contributed by atoms with Crippen molar-refractivity contribution in [2.24, 2.45) is 0 Å². The second kappa shape index (κ2) is 11.7. The molecule has 0 spiro atoms. The maximum atomic E-state index is 12.1. The van der Waals surface area contributed by atoms with Gasteiger partial charge in [-0.15, -0.1) is 0 Å². The van der Waals surface area contributed by atoms with E-state index in [1.807, 2.05) is 32.0 Å². The molecule has 2 rings (SSSR count). The third-order valence-electron chi connectivity index (χ3n) is 5.19. The van der Waals surface area contributed by atoms with Gasteiger partial charge in [0, 0.05) is 24.7 Å². The molecule has 0 heterocycles. The molecule has 0 saturated carbocycles. The van der Waals surface area contributed by atoms with Crippen LogP contribution in [0.1, 0.15) is 62.8 Å². The first-order valence-electron chi connectivity index (χ1n) is 11.0. The topological polar surface area (TPSA) is 102 Å². The number of phenols is 2. The number of amides is 1. The predicted octanol–water partition coefficient (Wildman–Crippen LogP) is 3.59. The number of phenolic OH excluding ortho intramolecular Hbond substituents is 2. The highest BCUT2D eigenvalue weighted by molar-refractivity contribution is 5.78. The van der Waals surface area contributed by atoms with Gasteiger partial charge < -0.3 is 26.0 Å². The third kappa shape index (κ3) is 8.99. The summed E-state index contributed by atoms with van der Waals surface area (Å²) in [5.41, 5.74) is 2.24. The van der Waals surface area contributed by atoms with E-state index in [9.17, 15) is 20.1 Å². The summed E-state index contributed by atoms with van der Waals surface area (Å²) in [4.78, 5) is 12.1. The Balaban J connectivity index is 1.89. The summed E-state index contributed by atoms with van der Waals surface area (Å²) < 4.78 is 0. The molecule has 0 bridgehead atoms. The largest absolute Gasteiger partial charge is 0.508 e. The highest BCUT2D eigenvalue weighted by Crippen LogP contribution is 2.25. The Morgan fingerprint density at radius 2 is 1.71 bits per heavy atom. The molecule has 6 heteroatoms. The van der Waals surface area contributed by atoms with Crippen LogP contribution in [-0.2, 0) is 17.6 Å². The summed E-state index contributed by atoms with van der Waals surface area (Å²) in [5.74, 6) is -0.123. The van der Waals surface area contributed by atoms with E-state index in [2.05, 4.69) is 23.6 Å². The molecule has 1 atom stereocenters. The Labute approximate surface area is 185 Å². The fraction of sp³-hybridized carbons (Fsp3) is 0.480. The number of nitrogens with one attached hydrogen (secondary N) is 2. The van der Waals surface area contributed by atoms with Crippen LogP contribution in [0.5, 0.6) is 11.5 Å². The lowest BCUT2D eigenvalue weighted by Crippen LogP contribution is -2.43. The lowest BCUT2D eigenvalue weighted by molar-refractivity contribution is -0.120. The molecule has 1 unspecified atom stereocenters. The lowest BCUT2D eigenvalue weighted by atomic mass is 9.93. The Hall–Kier alpha value is -2.57. The molecule has 2 aromatic carbocycles. The summed E-state index contributed by atoms with van der Waals surface area (Å²) in [6, 6.07) is 12.1. The molecule has 170 valence electrons. The second-order valence-corrected chi connectivity index (χ2v) is 8.79. The molecule has 6 nitrogen and oxygen atoms in total. The van der Waals surface area contributed by atoms with Crippen molar-refractivity contribution in [3.8, 4) is 11.5 Å². The summed E-state index contributed by atoms with van der Waals surface area (Å²) in [6.07, 6.45) is 3.49. The third-order valence-corrected chi connectivity index (χ3v) is 5.19. The molecule has 5 N–H and O–H groups in total. The average molecular weight is 429 g/mol. The maximum absolute atomic E-state index is 12.1. The molecule has 31 heavy (non-hydrogen) atoms. The van der Waals surface area contributed by atoms with E-state index >= 15 is 0 Å². The van der Waals surface area contributed by atoms with Gasteiger partial charge in [-0.25, -0.2) is 0 Å². The zero-order valence-corrected chi connectivity index (χ0v) is 18.8. The minimum Gasteiger partial charge on any atom is -0.508 e. The van der Waals surface area contributed by atoms with E-state index in [0.29, 0.717) is 12.0 Å². The van der Waals surface area contributed by atoms with Crippen LogP contribution in [-0.4, -0.2) is 39.9 Å². The van der Waals surface area contributed by atoms with E-state index in [4.69, 9.17) is 0 Å². The Morgan fingerprint density at radius 3 is 2.39 bits per heavy atom. The van der Waals surface area contributed by atoms with Crippen LogP contribution in [0.25, 0.3) is 0 Å². The fourth-order valence-corrected chi connectivity index (χ4v) is 3.57. The van der Waals surface area contributed by atoms with E-state index in [1.54, 1.807) is 0 Å². The second-order valence-electron chi connectivity index (χ2n) is 8.79. The monoisotopic (exact) mass is 428 g/mol. The Kier molecular flexibility index (Phi) is 9.34. The maximum Gasteiger partial charge on any atom is 0.224 e. The molecule has 0 aromatic heterocycles. The minimum atomic E-state index is -0.861. The molecular weight excluding hydrogens is 392 g/mol. The van der Waals surface area contributed by atoms with Gasteiger partial charge in [0.15, 0.2) is 0 Å². The van der Waals surface area contributed by atoms with Crippen LogP contribution >= 0.6 is 0 Å². The number of hydrogen-bond acceptors (Lipinski definition) is 5. The molecule has 0 fully saturated rings. The van der Waals surface area contributed by atoms with Crippen molar-refractivity contribution in [1.29, 1.82) is 0 Å². The molecule has 0 saturated heterocycles. The number of carbonyl (C=O) groups excluding carboxylic acids is 1. The van der Waals surface area contributed by atoms with Gasteiger partial charge in [-0.05, 0) is 55.5 Å². The number of unbranched alkanes of at least 4 members (excludes halogenated alkanes) is 2. The van der Waals surface area contributed by atoms with Crippen LogP contribution in [0.2, 0.25) is 0 Å². The zero-order chi connectivity index (χ0) is 22.9. The number of carbonyl (C=O) groups is 1. The first kappa shape index (κ1) is 24.7. The van der Waals surface area contributed by atoms with Gasteiger partial charge in [0.05, 0.1) is 12.5 Å². The predicted molar refractivity (Wildman–Crippen MR) is 123 cm³/mol. The summed E-state index contributed by atoms with van der Waals surface area (Å²) >= 11 is 0. The van der Waals surface area contributed by atoms with Crippen molar-refractivity contribution >= 4 is 5.91 Å². The molecule has 0 aliphatic heterocycles. The first-order chi connectivity index (χ1) is 14.7. The van der Waals surface area contributed by atoms with Crippen molar-refractivity contribution in [3.63, 3.8) is 0 Å². The van der Waals surface area contributed by atoms with Crippen molar-refractivity contribution in [3.05, 3.63) is 59.2 Å². The number of aliphatic hydroxyl groups excluding tert-OH is 1. The van der Waals surface area contributed by atoms with Crippen LogP contribution in [0.3, 0.4) is 0 Å². The smallest absolute Gasteiger partial charge is 0.224 e. The molecule has 0 aliphatic rings. The normalized spacial score (nSPS) is 12.5. The van der Waals surface area contributed by atoms with Gasteiger partial charge in [-0.2, -0.15) is 0 Å². The zero-order valence-electron chi connectivity index (χ0n) is 18.8. The van der Waals surface area contributed by atoms with Crippen LogP contribution in [0, 0.1) is 0 Å². The van der Waals surface area contributed by atoms with Crippen molar-refractivity contribution < 1.29 is 20.1 Å². The molecule has 2 aromatic rings. The van der Waals surface area contributed by atoms with Crippen molar-refractivity contribution in [1.82, 2.24) is 10.6 Å². The number of aromatic hydroxyl groups is 2. The van der Waals surface area contributed by atoms with E-state index in [0.717, 1.165) is 43.4 Å². The van der Waals surface area contributed by atoms with Gasteiger partial charge in [-0.1, -0.05) is 44.0 Å². The quantitative estimate of drug-likeness (QED) is 0.333. The standard InChI is InChI=1S/C25H36N2O4/c1-4-5-6-10-26-24(31)12-18-8-7-9-19(11-18)16-25(2,3)27-17-23(30)20-13-21(28)15-22(29)14-20/h7-9,11,13-15,23,27-30H,4-6,10,12,16-17H2,1-3H3,(H,26,31). The van der Waals surface area contributed by atoms with Crippen LogP contribution in [0.4, 0.5) is 0 Å². The van der Waals surface area contributed by atoms with Crippen LogP contribution < -0.4 is 10.6 Å². The van der Waals surface area contributed by atoms with Gasteiger partial charge in [0.25, 0.3) is 0 Å². The number of benzene rings is 2. The Morgan fingerprint density at radius 1 is 1.03 bits per heavy atom. The van der Waals surface area contributed by atoms with Gasteiger partial charge in [0.2, 0.25) is 5.91 Å². The minimum absolute atomic E-state index is 0.0446. The highest BCUT2D eigenvalue weighted by Gasteiger charge is 2.20. The summed E-state index contributed by atoms with van der Waals surface area (Å²) in [5, 5.41) is 36.0. The number of rotatable bonds is 12. The number of hydrogen-bond donors (Lipinski definition) is 5. The molecule has 0 radical (unpaired) electrons. The highest BCUT2D eigenvalue weighted by atomic mass is 16.3. The summed E-state index contributed by atoms with van der Waals surface area (Å²) in [6.45, 7) is 7.24. The SMILES string of the molecule is CCCCCNC(=O)Cc1cccc(CC(C)(C)NCC(O)c2cc(O)cc(O)c2)c1. The molecule has 0 aliphatic carbocycles. The number of β-amino-alcohol motifs (C(OH)–C–C–N with tert-alkyl or cyclic N) is 1. The molecule has 1 amide bonds. The average Bonchev–Trinajstić information content (AvgIpc) is 2.68. The van der Waals surface area contributed by atoms with Gasteiger partial charge >= 0.3 is 0 Å². The number of aliphatic hydroxyl groups is 1. The lowest BCUT2D eigenvalue weighted by Gasteiger charge is -2.28. The van der Waals surface area contributed by atoms with Crippen LogP contribution in [0.15, 0.2) is 42.5 Å². The first-order valence-corrected chi connectivity index (χ1v) is 11.0. The van der Waals surface area contributed by atoms with Crippen molar-refractivity contribution in [2.75, 3.05) is 13.1 Å². The van der Waals surface area contributed by atoms with E-state index in [-0.39, 0.29) is 29.5 Å². The Bertz CT molecular complexity index is 831. The molecular formula is C25H36N2O4. The van der Waals surface area contributed by atoms with Gasteiger partial charge in [0.1, 0.15) is 11.5 Å². The van der Waals surface area contributed by atoms with Crippen molar-refractivity contribution in [2.45, 2.75) is 64.5 Å².